The second-order valence-electron chi connectivity index (χ2n) is 4.64. The van der Waals surface area contributed by atoms with Crippen molar-refractivity contribution in [3.63, 3.8) is 0 Å². The van der Waals surface area contributed by atoms with Crippen molar-refractivity contribution in [2.24, 2.45) is 0 Å². The molecule has 0 spiro atoms. The maximum Gasteiger partial charge on any atom is 0.254 e. The van der Waals surface area contributed by atoms with Crippen LogP contribution in [0.25, 0.3) is 11.5 Å². The van der Waals surface area contributed by atoms with Gasteiger partial charge in [0.2, 0.25) is 0 Å². The van der Waals surface area contributed by atoms with E-state index in [0.717, 1.165) is 5.56 Å². The fraction of sp³-hybridized carbons (Fsp3) is 0.176. The topological polar surface area (TPSA) is 66.6 Å². The smallest absolute Gasteiger partial charge is 0.254 e. The molecule has 0 fully saturated rings. The van der Waals surface area contributed by atoms with E-state index in [2.05, 4.69) is 10.2 Å². The molecule has 23 heavy (non-hydrogen) atoms. The maximum atomic E-state index is 5.67. The van der Waals surface area contributed by atoms with Crippen molar-refractivity contribution in [1.82, 2.24) is 10.2 Å². The summed E-state index contributed by atoms with van der Waals surface area (Å²) in [5.41, 5.74) is 0.742. The lowest BCUT2D eigenvalue weighted by Gasteiger charge is -2.08. The molecule has 0 amide bonds. The largest absolute Gasteiger partial charge is 0.496 e. The molecular weight excluding hydrogens is 296 g/mol. The lowest BCUT2D eigenvalue weighted by atomic mass is 10.2. The van der Waals surface area contributed by atoms with E-state index in [-0.39, 0.29) is 6.61 Å². The molecule has 0 atom stereocenters. The van der Waals surface area contributed by atoms with Crippen LogP contribution in [0.1, 0.15) is 5.89 Å². The highest BCUT2D eigenvalue weighted by atomic mass is 16.5. The van der Waals surface area contributed by atoms with Crippen molar-refractivity contribution in [2.45, 2.75) is 6.61 Å². The summed E-state index contributed by atoms with van der Waals surface area (Å²) in [6.45, 7) is 0.155. The zero-order chi connectivity index (χ0) is 16.1. The molecule has 2 aromatic carbocycles. The third-order valence-electron chi connectivity index (χ3n) is 3.22. The quantitative estimate of drug-likeness (QED) is 0.695. The van der Waals surface area contributed by atoms with Gasteiger partial charge in [-0.25, -0.2) is 0 Å². The highest BCUT2D eigenvalue weighted by Gasteiger charge is 2.13. The molecule has 3 rings (SSSR count). The van der Waals surface area contributed by atoms with Gasteiger partial charge in [-0.3, -0.25) is 0 Å². The minimum absolute atomic E-state index is 0.155. The number of benzene rings is 2. The summed E-state index contributed by atoms with van der Waals surface area (Å²) < 4.78 is 21.8. The summed E-state index contributed by atoms with van der Waals surface area (Å²) in [5, 5.41) is 8.04. The van der Waals surface area contributed by atoms with Crippen molar-refractivity contribution < 1.29 is 18.6 Å². The fourth-order valence-electron chi connectivity index (χ4n) is 2.12. The van der Waals surface area contributed by atoms with Gasteiger partial charge in [0.15, 0.2) is 18.1 Å². The molecule has 0 radical (unpaired) electrons. The first-order chi connectivity index (χ1) is 11.3. The molecule has 0 aliphatic rings. The first-order valence-electron chi connectivity index (χ1n) is 7.03. The van der Waals surface area contributed by atoms with Crippen molar-refractivity contribution in [3.8, 4) is 28.7 Å². The van der Waals surface area contributed by atoms with Gasteiger partial charge in [-0.1, -0.05) is 24.3 Å². The number of hydrogen-bond donors (Lipinski definition) is 0. The van der Waals surface area contributed by atoms with Crippen LogP contribution in [0.2, 0.25) is 0 Å². The second-order valence-corrected chi connectivity index (χ2v) is 4.64. The zero-order valence-corrected chi connectivity index (χ0v) is 12.9. The Morgan fingerprint density at radius 3 is 2.22 bits per heavy atom. The number of nitrogens with zero attached hydrogens (tertiary/aromatic N) is 2. The summed E-state index contributed by atoms with van der Waals surface area (Å²) in [7, 11) is 3.19. The summed E-state index contributed by atoms with van der Waals surface area (Å²) in [4.78, 5) is 0. The van der Waals surface area contributed by atoms with Gasteiger partial charge in [-0.2, -0.15) is 0 Å². The molecule has 3 aromatic rings. The molecule has 0 aliphatic heterocycles. The monoisotopic (exact) mass is 312 g/mol. The Morgan fingerprint density at radius 2 is 1.48 bits per heavy atom. The van der Waals surface area contributed by atoms with E-state index in [9.17, 15) is 0 Å². The molecule has 118 valence electrons. The molecule has 0 bridgehead atoms. The van der Waals surface area contributed by atoms with Crippen LogP contribution in [0, 0.1) is 0 Å². The highest BCUT2D eigenvalue weighted by molar-refractivity contribution is 5.62. The van der Waals surface area contributed by atoms with Gasteiger partial charge in [0.25, 0.3) is 11.8 Å². The molecule has 6 heteroatoms. The number of para-hydroxylation sites is 3. The van der Waals surface area contributed by atoms with Gasteiger partial charge in [-0.15, -0.1) is 10.2 Å². The van der Waals surface area contributed by atoms with Crippen molar-refractivity contribution in [2.75, 3.05) is 14.2 Å². The number of methoxy groups -OCH3 is 2. The molecule has 0 aliphatic carbocycles. The average molecular weight is 312 g/mol. The second kappa shape index (κ2) is 6.83. The molecule has 1 heterocycles. The maximum absolute atomic E-state index is 5.67. The normalized spacial score (nSPS) is 10.3. The number of ether oxygens (including phenoxy) is 3. The first-order valence-corrected chi connectivity index (χ1v) is 7.03. The third-order valence-corrected chi connectivity index (χ3v) is 3.22. The minimum Gasteiger partial charge on any atom is -0.496 e. The molecule has 0 N–H and O–H groups in total. The Labute approximate surface area is 133 Å². The Hall–Kier alpha value is -3.02. The number of aromatic nitrogens is 2. The lowest BCUT2D eigenvalue weighted by Crippen LogP contribution is -1.97. The minimum atomic E-state index is 0.155. The molecule has 1 aromatic heterocycles. The van der Waals surface area contributed by atoms with Crippen LogP contribution < -0.4 is 14.2 Å². The standard InChI is InChI=1S/C17H16N2O4/c1-20-13-8-4-3-7-12(13)17-19-18-16(23-17)11-22-15-10-6-5-9-14(15)21-2/h3-10H,11H2,1-2H3. The lowest BCUT2D eigenvalue weighted by molar-refractivity contribution is 0.251. The van der Waals surface area contributed by atoms with E-state index < -0.39 is 0 Å². The predicted octanol–water partition coefficient (Wildman–Crippen LogP) is 3.33. The Bertz CT molecular complexity index is 786. The zero-order valence-electron chi connectivity index (χ0n) is 12.9. The summed E-state index contributed by atoms with van der Waals surface area (Å²) in [6, 6.07) is 14.8. The third kappa shape index (κ3) is 3.26. The Morgan fingerprint density at radius 1 is 0.826 bits per heavy atom. The predicted molar refractivity (Wildman–Crippen MR) is 83.6 cm³/mol. The SMILES string of the molecule is COc1ccccc1OCc1nnc(-c2ccccc2OC)o1. The summed E-state index contributed by atoms with van der Waals surface area (Å²) in [6.07, 6.45) is 0. The van der Waals surface area contributed by atoms with Crippen LogP contribution in [-0.2, 0) is 6.61 Å². The summed E-state index contributed by atoms with van der Waals surface area (Å²) in [5.74, 6) is 2.70. The Balaban J connectivity index is 1.75. The first kappa shape index (κ1) is 14.9. The number of hydrogen-bond acceptors (Lipinski definition) is 6. The van der Waals surface area contributed by atoms with E-state index in [1.165, 1.54) is 0 Å². The van der Waals surface area contributed by atoms with Crippen molar-refractivity contribution in [1.29, 1.82) is 0 Å². The van der Waals surface area contributed by atoms with Gasteiger partial charge in [0.05, 0.1) is 19.8 Å². The van der Waals surface area contributed by atoms with Gasteiger partial charge < -0.3 is 18.6 Å². The van der Waals surface area contributed by atoms with Crippen LogP contribution in [0.3, 0.4) is 0 Å². The molecule has 6 nitrogen and oxygen atoms in total. The van der Waals surface area contributed by atoms with E-state index >= 15 is 0 Å². The summed E-state index contributed by atoms with van der Waals surface area (Å²) >= 11 is 0. The highest BCUT2D eigenvalue weighted by Crippen LogP contribution is 2.29. The van der Waals surface area contributed by atoms with E-state index in [0.29, 0.717) is 29.0 Å². The van der Waals surface area contributed by atoms with Gasteiger partial charge >= 0.3 is 0 Å². The van der Waals surface area contributed by atoms with Crippen LogP contribution in [-0.4, -0.2) is 24.4 Å². The van der Waals surface area contributed by atoms with E-state index in [1.807, 2.05) is 48.5 Å². The van der Waals surface area contributed by atoms with Gasteiger partial charge in [-0.05, 0) is 24.3 Å². The molecule has 0 saturated carbocycles. The van der Waals surface area contributed by atoms with Crippen molar-refractivity contribution in [3.05, 3.63) is 54.4 Å². The van der Waals surface area contributed by atoms with Crippen LogP contribution >= 0.6 is 0 Å². The average Bonchev–Trinajstić information content (AvgIpc) is 3.09. The van der Waals surface area contributed by atoms with Crippen LogP contribution in [0.5, 0.6) is 17.2 Å². The molecule has 0 saturated heterocycles. The van der Waals surface area contributed by atoms with Crippen molar-refractivity contribution >= 4 is 0 Å². The van der Waals surface area contributed by atoms with E-state index in [1.54, 1.807) is 14.2 Å². The van der Waals surface area contributed by atoms with Gasteiger partial charge in [0.1, 0.15) is 5.75 Å². The molecular formula is C17H16N2O4. The van der Waals surface area contributed by atoms with Gasteiger partial charge in [0, 0.05) is 0 Å². The Kier molecular flexibility index (Phi) is 4.42. The fourth-order valence-corrected chi connectivity index (χ4v) is 2.12. The van der Waals surface area contributed by atoms with E-state index in [4.69, 9.17) is 18.6 Å². The molecule has 0 unspecified atom stereocenters. The number of rotatable bonds is 6. The van der Waals surface area contributed by atoms with Crippen LogP contribution in [0.15, 0.2) is 52.9 Å². The van der Waals surface area contributed by atoms with Crippen LogP contribution in [0.4, 0.5) is 0 Å².